The first kappa shape index (κ1) is 12.4. The number of β-amino-alcohol motifs (C(OH)–C–C–N with tert-alkyl or cyclic N) is 1. The Labute approximate surface area is 102 Å². The Hall–Kier alpha value is -2.09. The molecule has 1 saturated heterocycles. The lowest BCUT2D eigenvalue weighted by molar-refractivity contribution is -0.141. The van der Waals surface area contributed by atoms with E-state index in [0.29, 0.717) is 5.69 Å². The Morgan fingerprint density at radius 1 is 1.61 bits per heavy atom. The fourth-order valence-electron chi connectivity index (χ4n) is 1.87. The molecule has 1 aromatic heterocycles. The van der Waals surface area contributed by atoms with Crippen LogP contribution >= 0.6 is 0 Å². The van der Waals surface area contributed by atoms with Gasteiger partial charge in [0.25, 0.3) is 0 Å². The summed E-state index contributed by atoms with van der Waals surface area (Å²) in [4.78, 5) is 23.8. The zero-order valence-electron chi connectivity index (χ0n) is 9.44. The van der Waals surface area contributed by atoms with E-state index >= 15 is 0 Å². The molecule has 2 amide bonds. The van der Waals surface area contributed by atoms with E-state index in [1.54, 1.807) is 6.07 Å². The molecule has 1 aliphatic heterocycles. The second-order valence-corrected chi connectivity index (χ2v) is 4.05. The Morgan fingerprint density at radius 2 is 2.39 bits per heavy atom. The minimum absolute atomic E-state index is 0.0155. The summed E-state index contributed by atoms with van der Waals surface area (Å²) >= 11 is 0. The molecule has 8 heteroatoms. The number of nitrogens with zero attached hydrogens (tertiary/aromatic N) is 2. The number of likely N-dealkylation sites (tertiary alicyclic amines) is 1. The lowest BCUT2D eigenvalue weighted by atomic mass is 10.2. The number of rotatable bonds is 3. The number of hydrogen-bond donors (Lipinski definition) is 3. The van der Waals surface area contributed by atoms with Crippen LogP contribution in [-0.2, 0) is 11.3 Å². The second kappa shape index (κ2) is 5.05. The van der Waals surface area contributed by atoms with Gasteiger partial charge in [-0.05, 0) is 0 Å². The highest BCUT2D eigenvalue weighted by Crippen LogP contribution is 2.18. The molecule has 2 heterocycles. The number of aromatic nitrogens is 1. The number of aliphatic hydroxyl groups is 1. The van der Waals surface area contributed by atoms with Gasteiger partial charge in [0.1, 0.15) is 18.0 Å². The van der Waals surface area contributed by atoms with Gasteiger partial charge in [-0.25, -0.2) is 9.59 Å². The number of nitrogens with one attached hydrogen (secondary N) is 1. The summed E-state index contributed by atoms with van der Waals surface area (Å²) in [7, 11) is 0. The molecule has 1 aromatic rings. The maximum atomic E-state index is 11.8. The maximum absolute atomic E-state index is 11.8. The van der Waals surface area contributed by atoms with Crippen LogP contribution in [0.15, 0.2) is 16.9 Å². The van der Waals surface area contributed by atoms with E-state index in [-0.39, 0.29) is 19.5 Å². The van der Waals surface area contributed by atoms with E-state index in [2.05, 4.69) is 15.0 Å². The van der Waals surface area contributed by atoms with E-state index in [4.69, 9.17) is 5.11 Å². The highest BCUT2D eigenvalue weighted by molar-refractivity contribution is 5.83. The van der Waals surface area contributed by atoms with Crippen molar-refractivity contribution in [2.45, 2.75) is 25.1 Å². The number of amides is 2. The molecule has 3 N–H and O–H groups in total. The maximum Gasteiger partial charge on any atom is 0.326 e. The van der Waals surface area contributed by atoms with Crippen molar-refractivity contribution < 1.29 is 24.3 Å². The fourth-order valence-corrected chi connectivity index (χ4v) is 1.87. The molecule has 1 fully saturated rings. The van der Waals surface area contributed by atoms with Crippen LogP contribution in [0.2, 0.25) is 0 Å². The average Bonchev–Trinajstić information content (AvgIpc) is 2.94. The van der Waals surface area contributed by atoms with E-state index in [0.717, 1.165) is 4.90 Å². The number of carbonyl (C=O) groups excluding carboxylic acids is 1. The predicted molar refractivity (Wildman–Crippen MR) is 57.5 cm³/mol. The van der Waals surface area contributed by atoms with Crippen molar-refractivity contribution >= 4 is 12.0 Å². The van der Waals surface area contributed by atoms with Crippen molar-refractivity contribution in [1.29, 1.82) is 0 Å². The third kappa shape index (κ3) is 2.59. The Kier molecular flexibility index (Phi) is 3.47. The van der Waals surface area contributed by atoms with Crippen LogP contribution in [0.25, 0.3) is 0 Å². The van der Waals surface area contributed by atoms with Crippen molar-refractivity contribution in [2.75, 3.05) is 6.54 Å². The van der Waals surface area contributed by atoms with Crippen molar-refractivity contribution in [3.63, 3.8) is 0 Å². The van der Waals surface area contributed by atoms with Gasteiger partial charge in [0.15, 0.2) is 0 Å². The van der Waals surface area contributed by atoms with Gasteiger partial charge in [0.05, 0.1) is 12.6 Å². The zero-order chi connectivity index (χ0) is 13.1. The Bertz CT molecular complexity index is 433. The van der Waals surface area contributed by atoms with Crippen LogP contribution in [0.1, 0.15) is 12.1 Å². The van der Waals surface area contributed by atoms with Gasteiger partial charge >= 0.3 is 12.0 Å². The quantitative estimate of drug-likeness (QED) is 0.664. The summed E-state index contributed by atoms with van der Waals surface area (Å²) in [5, 5.41) is 24.5. The summed E-state index contributed by atoms with van der Waals surface area (Å²) in [6, 6.07) is 0.0626. The molecule has 2 atom stereocenters. The predicted octanol–water partition coefficient (Wildman–Crippen LogP) is -0.596. The lowest BCUT2D eigenvalue weighted by Gasteiger charge is -2.21. The van der Waals surface area contributed by atoms with Crippen molar-refractivity contribution in [3.05, 3.63) is 18.0 Å². The molecule has 8 nitrogen and oxygen atoms in total. The summed E-state index contributed by atoms with van der Waals surface area (Å²) in [5.74, 6) is -1.12. The largest absolute Gasteiger partial charge is 0.480 e. The normalized spacial score (nSPS) is 23.1. The van der Waals surface area contributed by atoms with Gasteiger partial charge in [-0.3, -0.25) is 0 Å². The molecule has 18 heavy (non-hydrogen) atoms. The van der Waals surface area contributed by atoms with Crippen LogP contribution in [0.5, 0.6) is 0 Å². The number of carbonyl (C=O) groups is 2. The molecule has 0 aliphatic carbocycles. The van der Waals surface area contributed by atoms with Gasteiger partial charge in [-0.2, -0.15) is 0 Å². The summed E-state index contributed by atoms with van der Waals surface area (Å²) in [5.41, 5.74) is 0.537. The van der Waals surface area contributed by atoms with Gasteiger partial charge in [-0.1, -0.05) is 5.16 Å². The number of urea groups is 1. The Balaban J connectivity index is 1.93. The fraction of sp³-hybridized carbons (Fsp3) is 0.500. The van der Waals surface area contributed by atoms with E-state index in [9.17, 15) is 14.7 Å². The number of carboxylic acids is 1. The molecule has 0 spiro atoms. The summed E-state index contributed by atoms with van der Waals surface area (Å²) in [6.45, 7) is 0.163. The van der Waals surface area contributed by atoms with Crippen molar-refractivity contribution in [1.82, 2.24) is 15.4 Å². The third-order valence-corrected chi connectivity index (χ3v) is 2.74. The molecule has 2 rings (SSSR count). The highest BCUT2D eigenvalue weighted by atomic mass is 16.5. The minimum Gasteiger partial charge on any atom is -0.480 e. The number of aliphatic carboxylic acids is 1. The topological polar surface area (TPSA) is 116 Å². The van der Waals surface area contributed by atoms with Crippen LogP contribution in [0.4, 0.5) is 4.79 Å². The van der Waals surface area contributed by atoms with E-state index in [1.807, 2.05) is 0 Å². The van der Waals surface area contributed by atoms with E-state index in [1.165, 1.54) is 6.26 Å². The monoisotopic (exact) mass is 255 g/mol. The van der Waals surface area contributed by atoms with Crippen LogP contribution in [0, 0.1) is 0 Å². The molecule has 0 unspecified atom stereocenters. The van der Waals surface area contributed by atoms with Gasteiger partial charge < -0.3 is 25.0 Å². The SMILES string of the molecule is O=C(O)[C@H]1C[C@@H](O)CN1C(=O)NCc1ccon1. The van der Waals surface area contributed by atoms with Crippen LogP contribution < -0.4 is 5.32 Å². The van der Waals surface area contributed by atoms with Crippen molar-refractivity contribution in [2.24, 2.45) is 0 Å². The molecular weight excluding hydrogens is 242 g/mol. The molecule has 0 bridgehead atoms. The number of carboxylic acid groups (broad SMARTS) is 1. The van der Waals surface area contributed by atoms with Gasteiger partial charge in [0.2, 0.25) is 0 Å². The second-order valence-electron chi connectivity index (χ2n) is 4.05. The first-order valence-electron chi connectivity index (χ1n) is 5.42. The highest BCUT2D eigenvalue weighted by Gasteiger charge is 2.38. The molecule has 0 saturated carbocycles. The Morgan fingerprint density at radius 3 is 3.00 bits per heavy atom. The third-order valence-electron chi connectivity index (χ3n) is 2.74. The molecule has 0 radical (unpaired) electrons. The smallest absolute Gasteiger partial charge is 0.326 e. The molecule has 1 aliphatic rings. The van der Waals surface area contributed by atoms with Gasteiger partial charge in [0, 0.05) is 19.0 Å². The van der Waals surface area contributed by atoms with E-state index < -0.39 is 24.1 Å². The average molecular weight is 255 g/mol. The number of aliphatic hydroxyl groups excluding tert-OH is 1. The van der Waals surface area contributed by atoms with Crippen LogP contribution in [-0.4, -0.2) is 51.0 Å². The van der Waals surface area contributed by atoms with Gasteiger partial charge in [-0.15, -0.1) is 0 Å². The molecular formula is C10H13N3O5. The standard InChI is InChI=1S/C10H13N3O5/c14-7-3-8(9(15)16)13(5-7)10(17)11-4-6-1-2-18-12-6/h1-2,7-8,14H,3-5H2,(H,11,17)(H,15,16)/t7-,8-/m1/s1. The van der Waals surface area contributed by atoms with Crippen molar-refractivity contribution in [3.8, 4) is 0 Å². The van der Waals surface area contributed by atoms with Crippen LogP contribution in [0.3, 0.4) is 0 Å². The first-order chi connectivity index (χ1) is 8.58. The summed E-state index contributed by atoms with van der Waals surface area (Å²) < 4.78 is 4.60. The zero-order valence-corrected chi connectivity index (χ0v) is 9.44. The first-order valence-corrected chi connectivity index (χ1v) is 5.42. The summed E-state index contributed by atoms with van der Waals surface area (Å²) in [6.07, 6.45) is 0.623. The number of hydrogen-bond acceptors (Lipinski definition) is 5. The lowest BCUT2D eigenvalue weighted by Crippen LogP contribution is -2.46. The molecule has 98 valence electrons. The minimum atomic E-state index is -1.12. The molecule has 0 aromatic carbocycles.